The number of carbonyl (C=O) groups excluding carboxylic acids is 1. The SMILES string of the molecule is CCc1ccc(Nc2ccc(NC(=O)c3ccc(OC)c(OC)c3)nn2)cc1. The van der Waals surface area contributed by atoms with Gasteiger partial charge in [-0.05, 0) is 54.4 Å². The van der Waals surface area contributed by atoms with Crippen molar-refractivity contribution in [1.29, 1.82) is 0 Å². The second kappa shape index (κ2) is 8.85. The van der Waals surface area contributed by atoms with Gasteiger partial charge in [0.1, 0.15) is 0 Å². The number of benzene rings is 2. The average Bonchev–Trinajstić information content (AvgIpc) is 2.75. The molecule has 2 N–H and O–H groups in total. The van der Waals surface area contributed by atoms with Crippen LogP contribution in [0.5, 0.6) is 11.5 Å². The standard InChI is InChI=1S/C21H22N4O3/c1-4-14-5-8-16(9-6-14)22-19-11-12-20(25-24-19)23-21(26)15-7-10-17(27-2)18(13-15)28-3/h5-13H,4H2,1-3H3,(H,22,24)(H,23,25,26). The van der Waals surface area contributed by atoms with Crippen LogP contribution in [0.4, 0.5) is 17.3 Å². The quantitative estimate of drug-likeness (QED) is 0.645. The van der Waals surface area contributed by atoms with Crippen molar-refractivity contribution >= 4 is 23.2 Å². The number of rotatable bonds is 7. The minimum Gasteiger partial charge on any atom is -0.493 e. The van der Waals surface area contributed by atoms with E-state index < -0.39 is 0 Å². The van der Waals surface area contributed by atoms with E-state index in [4.69, 9.17) is 9.47 Å². The van der Waals surface area contributed by atoms with Gasteiger partial charge in [0, 0.05) is 11.3 Å². The normalized spacial score (nSPS) is 10.2. The van der Waals surface area contributed by atoms with Gasteiger partial charge in [-0.25, -0.2) is 0 Å². The molecule has 0 fully saturated rings. The number of methoxy groups -OCH3 is 2. The Bertz CT molecular complexity index is 941. The summed E-state index contributed by atoms with van der Waals surface area (Å²) in [5.41, 5.74) is 2.62. The van der Waals surface area contributed by atoms with E-state index in [9.17, 15) is 4.79 Å². The van der Waals surface area contributed by atoms with Crippen molar-refractivity contribution in [2.75, 3.05) is 24.9 Å². The van der Waals surface area contributed by atoms with E-state index in [1.807, 2.05) is 12.1 Å². The highest BCUT2D eigenvalue weighted by Gasteiger charge is 2.12. The van der Waals surface area contributed by atoms with Crippen molar-refractivity contribution < 1.29 is 14.3 Å². The molecule has 1 aromatic heterocycles. The van der Waals surface area contributed by atoms with Crippen LogP contribution in [-0.4, -0.2) is 30.3 Å². The molecule has 7 heteroatoms. The van der Waals surface area contributed by atoms with Crippen molar-refractivity contribution in [3.05, 3.63) is 65.7 Å². The monoisotopic (exact) mass is 378 g/mol. The summed E-state index contributed by atoms with van der Waals surface area (Å²) in [5, 5.41) is 14.0. The van der Waals surface area contributed by atoms with E-state index in [0.717, 1.165) is 12.1 Å². The van der Waals surface area contributed by atoms with Crippen LogP contribution in [0.25, 0.3) is 0 Å². The van der Waals surface area contributed by atoms with Gasteiger partial charge in [0.2, 0.25) is 0 Å². The molecule has 0 saturated heterocycles. The summed E-state index contributed by atoms with van der Waals surface area (Å²) < 4.78 is 10.4. The molecule has 7 nitrogen and oxygen atoms in total. The van der Waals surface area contributed by atoms with Gasteiger partial charge in [-0.3, -0.25) is 4.79 Å². The topological polar surface area (TPSA) is 85.4 Å². The Kier molecular flexibility index (Phi) is 6.06. The fourth-order valence-electron chi connectivity index (χ4n) is 2.60. The highest BCUT2D eigenvalue weighted by molar-refractivity contribution is 6.04. The lowest BCUT2D eigenvalue weighted by Gasteiger charge is -2.10. The van der Waals surface area contributed by atoms with Gasteiger partial charge in [0.25, 0.3) is 5.91 Å². The maximum absolute atomic E-state index is 12.4. The van der Waals surface area contributed by atoms with Gasteiger partial charge in [-0.2, -0.15) is 0 Å². The van der Waals surface area contributed by atoms with E-state index in [1.165, 1.54) is 12.7 Å². The molecule has 3 rings (SSSR count). The second-order valence-corrected chi connectivity index (χ2v) is 6.00. The zero-order valence-electron chi connectivity index (χ0n) is 16.0. The first-order chi connectivity index (χ1) is 13.6. The Morgan fingerprint density at radius 2 is 1.57 bits per heavy atom. The van der Waals surface area contributed by atoms with E-state index in [1.54, 1.807) is 37.4 Å². The molecule has 0 aliphatic carbocycles. The van der Waals surface area contributed by atoms with E-state index >= 15 is 0 Å². The summed E-state index contributed by atoms with van der Waals surface area (Å²) >= 11 is 0. The number of hydrogen-bond acceptors (Lipinski definition) is 6. The zero-order chi connectivity index (χ0) is 19.9. The van der Waals surface area contributed by atoms with Crippen LogP contribution in [0.15, 0.2) is 54.6 Å². The third-order valence-electron chi connectivity index (χ3n) is 4.19. The molecule has 144 valence electrons. The summed E-state index contributed by atoms with van der Waals surface area (Å²) in [4.78, 5) is 12.4. The summed E-state index contributed by atoms with van der Waals surface area (Å²) in [6, 6.07) is 16.5. The van der Waals surface area contributed by atoms with Crippen LogP contribution in [0.2, 0.25) is 0 Å². The van der Waals surface area contributed by atoms with Crippen LogP contribution in [0, 0.1) is 0 Å². The zero-order valence-corrected chi connectivity index (χ0v) is 16.0. The molecular formula is C21H22N4O3. The fraction of sp³-hybridized carbons (Fsp3) is 0.190. The number of ether oxygens (including phenoxy) is 2. The van der Waals surface area contributed by atoms with Gasteiger partial charge in [-0.1, -0.05) is 19.1 Å². The smallest absolute Gasteiger partial charge is 0.257 e. The summed E-state index contributed by atoms with van der Waals surface area (Å²) in [6.07, 6.45) is 0.995. The molecule has 1 amide bonds. The number of nitrogens with zero attached hydrogens (tertiary/aromatic N) is 2. The van der Waals surface area contributed by atoms with Crippen molar-refractivity contribution in [2.45, 2.75) is 13.3 Å². The van der Waals surface area contributed by atoms with Crippen LogP contribution < -0.4 is 20.1 Å². The number of aromatic nitrogens is 2. The van der Waals surface area contributed by atoms with Crippen molar-refractivity contribution in [2.24, 2.45) is 0 Å². The molecule has 0 aliphatic heterocycles. The van der Waals surface area contributed by atoms with Crippen LogP contribution in [0.3, 0.4) is 0 Å². The Hall–Kier alpha value is -3.61. The molecular weight excluding hydrogens is 356 g/mol. The number of aryl methyl sites for hydroxylation is 1. The predicted octanol–water partition coefficient (Wildman–Crippen LogP) is 4.05. The third kappa shape index (κ3) is 4.56. The lowest BCUT2D eigenvalue weighted by Crippen LogP contribution is -2.13. The molecule has 2 aromatic carbocycles. The number of carbonyl (C=O) groups is 1. The Labute approximate surface area is 163 Å². The first-order valence-corrected chi connectivity index (χ1v) is 8.86. The second-order valence-electron chi connectivity index (χ2n) is 6.00. The Morgan fingerprint density at radius 1 is 0.893 bits per heavy atom. The molecule has 28 heavy (non-hydrogen) atoms. The van der Waals surface area contributed by atoms with Crippen molar-refractivity contribution in [1.82, 2.24) is 10.2 Å². The average molecular weight is 378 g/mol. The highest BCUT2D eigenvalue weighted by Crippen LogP contribution is 2.27. The first kappa shape index (κ1) is 19.2. The molecule has 0 aliphatic rings. The Morgan fingerprint density at radius 3 is 2.18 bits per heavy atom. The van der Waals surface area contributed by atoms with Crippen molar-refractivity contribution in [3.8, 4) is 11.5 Å². The number of amides is 1. The fourth-order valence-corrected chi connectivity index (χ4v) is 2.60. The predicted molar refractivity (Wildman–Crippen MR) is 109 cm³/mol. The lowest BCUT2D eigenvalue weighted by molar-refractivity contribution is 0.102. The van der Waals surface area contributed by atoms with Gasteiger partial charge >= 0.3 is 0 Å². The maximum atomic E-state index is 12.4. The largest absolute Gasteiger partial charge is 0.493 e. The lowest BCUT2D eigenvalue weighted by atomic mass is 10.1. The molecule has 0 radical (unpaired) electrons. The van der Waals surface area contributed by atoms with E-state index in [-0.39, 0.29) is 5.91 Å². The number of anilines is 3. The summed E-state index contributed by atoms with van der Waals surface area (Å²) in [7, 11) is 3.06. The first-order valence-electron chi connectivity index (χ1n) is 8.86. The number of nitrogens with one attached hydrogen (secondary N) is 2. The maximum Gasteiger partial charge on any atom is 0.257 e. The van der Waals surface area contributed by atoms with Crippen LogP contribution in [0.1, 0.15) is 22.8 Å². The van der Waals surface area contributed by atoms with Crippen LogP contribution >= 0.6 is 0 Å². The molecule has 0 saturated carbocycles. The number of hydrogen-bond donors (Lipinski definition) is 2. The van der Waals surface area contributed by atoms with Gasteiger partial charge in [0.05, 0.1) is 14.2 Å². The minimum absolute atomic E-state index is 0.314. The molecule has 0 bridgehead atoms. The molecule has 0 spiro atoms. The highest BCUT2D eigenvalue weighted by atomic mass is 16.5. The summed E-state index contributed by atoms with van der Waals surface area (Å²) in [6.45, 7) is 2.11. The van der Waals surface area contributed by atoms with Gasteiger partial charge in [0.15, 0.2) is 23.1 Å². The summed E-state index contributed by atoms with van der Waals surface area (Å²) in [5.74, 6) is 1.67. The van der Waals surface area contributed by atoms with E-state index in [2.05, 4.69) is 39.9 Å². The molecule has 3 aromatic rings. The van der Waals surface area contributed by atoms with Gasteiger partial charge in [-0.15, -0.1) is 10.2 Å². The van der Waals surface area contributed by atoms with Crippen molar-refractivity contribution in [3.63, 3.8) is 0 Å². The Balaban J connectivity index is 1.65. The van der Waals surface area contributed by atoms with E-state index in [0.29, 0.717) is 28.7 Å². The third-order valence-corrected chi connectivity index (χ3v) is 4.19. The molecule has 0 unspecified atom stereocenters. The van der Waals surface area contributed by atoms with Crippen LogP contribution in [-0.2, 0) is 6.42 Å². The molecule has 1 heterocycles. The molecule has 0 atom stereocenters. The van der Waals surface area contributed by atoms with Gasteiger partial charge < -0.3 is 20.1 Å². The minimum atomic E-state index is -0.314.